The Hall–Kier alpha value is -2.02. The zero-order valence-electron chi connectivity index (χ0n) is 14.9. The second-order valence-electron chi connectivity index (χ2n) is 6.20. The first-order valence-electron chi connectivity index (χ1n) is 8.21. The zero-order valence-corrected chi connectivity index (χ0v) is 16.4. The van der Waals surface area contributed by atoms with Gasteiger partial charge in [-0.3, -0.25) is 9.89 Å². The average Bonchev–Trinajstić information content (AvgIpc) is 3.20. The number of halogens is 1. The number of benzene rings is 1. The molecule has 1 fully saturated rings. The third-order valence-electron chi connectivity index (χ3n) is 4.72. The molecule has 0 radical (unpaired) electrons. The summed E-state index contributed by atoms with van der Waals surface area (Å²) in [7, 11) is 3.15. The number of ether oxygens (including phenoxy) is 2. The number of rotatable bonds is 4. The fraction of sp³-hybridized carbons (Fsp3) is 0.444. The Morgan fingerprint density at radius 1 is 1.28 bits per heavy atom. The van der Waals surface area contributed by atoms with E-state index < -0.39 is 0 Å². The Morgan fingerprint density at radius 3 is 2.44 bits per heavy atom. The predicted octanol–water partition coefficient (Wildman–Crippen LogP) is 3.78. The van der Waals surface area contributed by atoms with Crippen LogP contribution in [0.5, 0.6) is 11.5 Å². The van der Waals surface area contributed by atoms with Gasteiger partial charge in [0.05, 0.1) is 26.0 Å². The van der Waals surface area contributed by atoms with Crippen LogP contribution in [0.25, 0.3) is 0 Å². The van der Waals surface area contributed by atoms with Gasteiger partial charge in [-0.05, 0) is 54.8 Å². The summed E-state index contributed by atoms with van der Waals surface area (Å²) in [5, 5.41) is 7.31. The number of methoxy groups -OCH3 is 2. The summed E-state index contributed by atoms with van der Waals surface area (Å²) in [6.07, 6.45) is 1.92. The highest BCUT2D eigenvalue weighted by molar-refractivity contribution is 9.10. The van der Waals surface area contributed by atoms with Crippen molar-refractivity contribution < 1.29 is 14.3 Å². The topological polar surface area (TPSA) is 67.5 Å². The lowest BCUT2D eigenvalue weighted by Crippen LogP contribution is -2.31. The molecule has 1 aromatic heterocycles. The minimum atomic E-state index is -0.0217. The molecule has 1 aromatic carbocycles. The van der Waals surface area contributed by atoms with Gasteiger partial charge in [0.25, 0.3) is 5.91 Å². The second kappa shape index (κ2) is 7.07. The molecule has 3 rings (SSSR count). The fourth-order valence-electron chi connectivity index (χ4n) is 3.52. The van der Waals surface area contributed by atoms with E-state index in [0.717, 1.165) is 36.3 Å². The predicted molar refractivity (Wildman–Crippen MR) is 98.3 cm³/mol. The van der Waals surface area contributed by atoms with Gasteiger partial charge in [0.1, 0.15) is 16.0 Å². The second-order valence-corrected chi connectivity index (χ2v) is 6.99. The molecule has 1 atom stereocenters. The van der Waals surface area contributed by atoms with Crippen LogP contribution in [0.4, 0.5) is 0 Å². The third kappa shape index (κ3) is 3.13. The largest absolute Gasteiger partial charge is 0.495 e. The van der Waals surface area contributed by atoms with Crippen LogP contribution in [0.15, 0.2) is 16.6 Å². The van der Waals surface area contributed by atoms with Crippen molar-refractivity contribution in [2.24, 2.45) is 0 Å². The standard InChI is InChI=1S/C18H22BrN3O3/c1-10-16(11(2)21-20-10)13-6-5-7-22(13)18(23)12-8-14(24-3)17(19)15(9-12)25-4/h8-9,13H,5-7H2,1-4H3,(H,20,21)/t13-/m0/s1. The molecule has 1 N–H and O–H groups in total. The number of carbonyl (C=O) groups excluding carboxylic acids is 1. The minimum Gasteiger partial charge on any atom is -0.495 e. The van der Waals surface area contributed by atoms with Crippen molar-refractivity contribution in [3.63, 3.8) is 0 Å². The van der Waals surface area contributed by atoms with Gasteiger partial charge in [-0.15, -0.1) is 0 Å². The summed E-state index contributed by atoms with van der Waals surface area (Å²) in [6.45, 7) is 4.71. The molecule has 1 aliphatic heterocycles. The highest BCUT2D eigenvalue weighted by Gasteiger charge is 2.34. The maximum absolute atomic E-state index is 13.2. The molecule has 1 saturated heterocycles. The van der Waals surface area contributed by atoms with E-state index in [-0.39, 0.29) is 11.9 Å². The number of H-pyrrole nitrogens is 1. The van der Waals surface area contributed by atoms with Gasteiger partial charge >= 0.3 is 0 Å². The van der Waals surface area contributed by atoms with E-state index in [0.29, 0.717) is 21.5 Å². The molecule has 7 heteroatoms. The average molecular weight is 408 g/mol. The quantitative estimate of drug-likeness (QED) is 0.836. The van der Waals surface area contributed by atoms with Gasteiger partial charge in [0, 0.05) is 23.4 Å². The van der Waals surface area contributed by atoms with Crippen molar-refractivity contribution in [2.75, 3.05) is 20.8 Å². The van der Waals surface area contributed by atoms with Crippen molar-refractivity contribution >= 4 is 21.8 Å². The summed E-state index contributed by atoms with van der Waals surface area (Å²) in [6, 6.07) is 3.55. The molecule has 0 spiro atoms. The van der Waals surface area contributed by atoms with Gasteiger partial charge in [-0.2, -0.15) is 5.10 Å². The van der Waals surface area contributed by atoms with E-state index in [4.69, 9.17) is 9.47 Å². The molecule has 0 bridgehead atoms. The number of carbonyl (C=O) groups is 1. The minimum absolute atomic E-state index is 0.0217. The lowest BCUT2D eigenvalue weighted by atomic mass is 10.0. The smallest absolute Gasteiger partial charge is 0.254 e. The first kappa shape index (κ1) is 17.8. The van der Waals surface area contributed by atoms with Crippen molar-refractivity contribution in [3.8, 4) is 11.5 Å². The highest BCUT2D eigenvalue weighted by Crippen LogP contribution is 2.39. The van der Waals surface area contributed by atoms with Crippen LogP contribution >= 0.6 is 15.9 Å². The number of aromatic nitrogens is 2. The van der Waals surface area contributed by atoms with Gasteiger partial charge < -0.3 is 14.4 Å². The molecule has 2 aromatic rings. The number of aryl methyl sites for hydroxylation is 2. The Balaban J connectivity index is 1.97. The number of nitrogens with one attached hydrogen (secondary N) is 1. The van der Waals surface area contributed by atoms with E-state index in [9.17, 15) is 4.79 Å². The monoisotopic (exact) mass is 407 g/mol. The lowest BCUT2D eigenvalue weighted by molar-refractivity contribution is 0.0734. The Labute approximate surface area is 155 Å². The number of aromatic amines is 1. The van der Waals surface area contributed by atoms with Crippen LogP contribution in [-0.4, -0.2) is 41.8 Å². The van der Waals surface area contributed by atoms with Crippen molar-refractivity contribution in [1.29, 1.82) is 0 Å². The molecule has 0 saturated carbocycles. The van der Waals surface area contributed by atoms with E-state index in [1.165, 1.54) is 0 Å². The molecule has 6 nitrogen and oxygen atoms in total. The van der Waals surface area contributed by atoms with Crippen LogP contribution in [-0.2, 0) is 0 Å². The summed E-state index contributed by atoms with van der Waals surface area (Å²) < 4.78 is 11.4. The van der Waals surface area contributed by atoms with Crippen LogP contribution in [0.3, 0.4) is 0 Å². The number of nitrogens with zero attached hydrogens (tertiary/aromatic N) is 2. The van der Waals surface area contributed by atoms with E-state index in [1.807, 2.05) is 18.7 Å². The molecular weight excluding hydrogens is 386 g/mol. The van der Waals surface area contributed by atoms with E-state index in [2.05, 4.69) is 26.1 Å². The van der Waals surface area contributed by atoms with E-state index >= 15 is 0 Å². The van der Waals surface area contributed by atoms with E-state index in [1.54, 1.807) is 26.4 Å². The maximum Gasteiger partial charge on any atom is 0.254 e. The molecule has 2 heterocycles. The van der Waals surface area contributed by atoms with Crippen molar-refractivity contribution in [2.45, 2.75) is 32.7 Å². The molecule has 1 aliphatic rings. The number of amides is 1. The molecule has 134 valence electrons. The SMILES string of the molecule is COc1cc(C(=O)N2CCC[C@H]2c2c(C)n[nH]c2C)cc(OC)c1Br. The van der Waals surface area contributed by atoms with Crippen LogP contribution in [0.2, 0.25) is 0 Å². The molecule has 0 aliphatic carbocycles. The van der Waals surface area contributed by atoms with Gasteiger partial charge in [0.15, 0.2) is 0 Å². The molecule has 25 heavy (non-hydrogen) atoms. The first-order chi connectivity index (χ1) is 12.0. The molecular formula is C18H22BrN3O3. The lowest BCUT2D eigenvalue weighted by Gasteiger charge is -2.26. The van der Waals surface area contributed by atoms with Gasteiger partial charge in [-0.1, -0.05) is 0 Å². The Morgan fingerprint density at radius 2 is 1.92 bits per heavy atom. The Kier molecular flexibility index (Phi) is 5.03. The zero-order chi connectivity index (χ0) is 18.1. The van der Waals surface area contributed by atoms with Crippen molar-refractivity contribution in [3.05, 3.63) is 39.1 Å². The summed E-state index contributed by atoms with van der Waals surface area (Å²) in [5.41, 5.74) is 3.66. The maximum atomic E-state index is 13.2. The fourth-order valence-corrected chi connectivity index (χ4v) is 4.07. The summed E-state index contributed by atoms with van der Waals surface area (Å²) >= 11 is 3.44. The molecule has 0 unspecified atom stereocenters. The van der Waals surface area contributed by atoms with Crippen LogP contribution < -0.4 is 9.47 Å². The normalized spacial score (nSPS) is 17.0. The Bertz CT molecular complexity index is 758. The van der Waals surface area contributed by atoms with Gasteiger partial charge in [-0.25, -0.2) is 0 Å². The summed E-state index contributed by atoms with van der Waals surface area (Å²) in [4.78, 5) is 15.1. The number of hydrogen-bond donors (Lipinski definition) is 1. The first-order valence-corrected chi connectivity index (χ1v) is 9.01. The summed E-state index contributed by atoms with van der Waals surface area (Å²) in [5.74, 6) is 1.13. The molecule has 1 amide bonds. The van der Waals surface area contributed by atoms with Crippen LogP contribution in [0.1, 0.15) is 46.2 Å². The van der Waals surface area contributed by atoms with Crippen molar-refractivity contribution in [1.82, 2.24) is 15.1 Å². The van der Waals surface area contributed by atoms with Crippen LogP contribution in [0, 0.1) is 13.8 Å². The third-order valence-corrected chi connectivity index (χ3v) is 5.51. The number of likely N-dealkylation sites (tertiary alicyclic amines) is 1. The highest BCUT2D eigenvalue weighted by atomic mass is 79.9. The number of hydrogen-bond acceptors (Lipinski definition) is 4. The van der Waals surface area contributed by atoms with Gasteiger partial charge in [0.2, 0.25) is 0 Å².